The molecular weight excluding hydrogens is 224 g/mol. The number of hydrogen-bond donors (Lipinski definition) is 1. The van der Waals surface area contributed by atoms with Gasteiger partial charge in [-0.05, 0) is 52.2 Å². The van der Waals surface area contributed by atoms with Gasteiger partial charge in [0.25, 0.3) is 0 Å². The van der Waals surface area contributed by atoms with Crippen molar-refractivity contribution >= 4 is 0 Å². The van der Waals surface area contributed by atoms with Crippen molar-refractivity contribution in [1.82, 2.24) is 10.2 Å². The Labute approximate surface area is 112 Å². The number of rotatable bonds is 5. The average molecular weight is 254 g/mol. The molecule has 18 heavy (non-hydrogen) atoms. The van der Waals surface area contributed by atoms with Crippen molar-refractivity contribution in [1.29, 1.82) is 0 Å². The third kappa shape index (κ3) is 3.06. The van der Waals surface area contributed by atoms with Gasteiger partial charge in [-0.3, -0.25) is 0 Å². The molecule has 3 nitrogen and oxygen atoms in total. The van der Waals surface area contributed by atoms with Gasteiger partial charge in [0, 0.05) is 24.6 Å². The molecule has 0 bridgehead atoms. The van der Waals surface area contributed by atoms with Gasteiger partial charge < -0.3 is 15.0 Å². The third-order valence-corrected chi connectivity index (χ3v) is 4.92. The SMILES string of the molecule is CCOC1CC(NCC2CCCN(C)C2)C1(C)C. The topological polar surface area (TPSA) is 24.5 Å². The van der Waals surface area contributed by atoms with E-state index in [2.05, 4.69) is 38.0 Å². The third-order valence-electron chi connectivity index (χ3n) is 4.92. The van der Waals surface area contributed by atoms with Crippen LogP contribution in [0.2, 0.25) is 0 Å². The van der Waals surface area contributed by atoms with E-state index < -0.39 is 0 Å². The summed E-state index contributed by atoms with van der Waals surface area (Å²) in [4.78, 5) is 2.46. The molecule has 1 saturated carbocycles. The molecule has 1 saturated heterocycles. The zero-order chi connectivity index (χ0) is 13.2. The molecule has 1 aliphatic carbocycles. The quantitative estimate of drug-likeness (QED) is 0.813. The summed E-state index contributed by atoms with van der Waals surface area (Å²) < 4.78 is 5.78. The van der Waals surface area contributed by atoms with Crippen LogP contribution in [0.1, 0.15) is 40.0 Å². The lowest BCUT2D eigenvalue weighted by Crippen LogP contribution is -2.61. The molecule has 0 aromatic rings. The molecule has 1 aliphatic heterocycles. The zero-order valence-electron chi connectivity index (χ0n) is 12.5. The van der Waals surface area contributed by atoms with Crippen LogP contribution in [0.3, 0.4) is 0 Å². The van der Waals surface area contributed by atoms with Gasteiger partial charge in [-0.1, -0.05) is 13.8 Å². The first kappa shape index (κ1) is 14.3. The van der Waals surface area contributed by atoms with Crippen LogP contribution < -0.4 is 5.32 Å². The Balaban J connectivity index is 1.71. The first-order valence-electron chi connectivity index (χ1n) is 7.57. The minimum absolute atomic E-state index is 0.302. The summed E-state index contributed by atoms with van der Waals surface area (Å²) in [6.45, 7) is 11.3. The minimum Gasteiger partial charge on any atom is -0.378 e. The van der Waals surface area contributed by atoms with Crippen molar-refractivity contribution in [3.63, 3.8) is 0 Å². The first-order valence-corrected chi connectivity index (χ1v) is 7.57. The molecule has 0 aromatic carbocycles. The molecule has 3 atom stereocenters. The summed E-state index contributed by atoms with van der Waals surface area (Å²) >= 11 is 0. The highest BCUT2D eigenvalue weighted by atomic mass is 16.5. The van der Waals surface area contributed by atoms with Crippen molar-refractivity contribution in [2.45, 2.75) is 52.2 Å². The van der Waals surface area contributed by atoms with Crippen LogP contribution in [0.15, 0.2) is 0 Å². The fourth-order valence-electron chi connectivity index (χ4n) is 3.46. The van der Waals surface area contributed by atoms with E-state index in [9.17, 15) is 0 Å². The molecule has 106 valence electrons. The van der Waals surface area contributed by atoms with Gasteiger partial charge in [-0.2, -0.15) is 0 Å². The highest BCUT2D eigenvalue weighted by Crippen LogP contribution is 2.42. The summed E-state index contributed by atoms with van der Waals surface area (Å²) in [7, 11) is 2.24. The Morgan fingerprint density at radius 3 is 2.78 bits per heavy atom. The first-order chi connectivity index (χ1) is 8.54. The second-order valence-corrected chi connectivity index (χ2v) is 6.73. The number of nitrogens with zero attached hydrogens (tertiary/aromatic N) is 1. The molecule has 0 amide bonds. The maximum Gasteiger partial charge on any atom is 0.0655 e. The monoisotopic (exact) mass is 254 g/mol. The lowest BCUT2D eigenvalue weighted by molar-refractivity contribution is -0.114. The normalized spacial score (nSPS) is 36.3. The van der Waals surface area contributed by atoms with Gasteiger partial charge in [0.1, 0.15) is 0 Å². The van der Waals surface area contributed by atoms with Crippen molar-refractivity contribution in [2.75, 3.05) is 33.3 Å². The van der Waals surface area contributed by atoms with E-state index in [0.717, 1.165) is 12.5 Å². The second kappa shape index (κ2) is 5.89. The fraction of sp³-hybridized carbons (Fsp3) is 1.00. The molecule has 3 unspecified atom stereocenters. The van der Waals surface area contributed by atoms with E-state index in [0.29, 0.717) is 17.6 Å². The Morgan fingerprint density at radius 2 is 2.17 bits per heavy atom. The van der Waals surface area contributed by atoms with Crippen molar-refractivity contribution in [3.8, 4) is 0 Å². The maximum absolute atomic E-state index is 5.78. The molecular formula is C15H30N2O. The lowest BCUT2D eigenvalue weighted by atomic mass is 9.64. The largest absolute Gasteiger partial charge is 0.378 e. The van der Waals surface area contributed by atoms with Crippen LogP contribution in [0.25, 0.3) is 0 Å². The van der Waals surface area contributed by atoms with Gasteiger partial charge in [-0.25, -0.2) is 0 Å². The van der Waals surface area contributed by atoms with E-state index in [1.807, 2.05) is 0 Å². The van der Waals surface area contributed by atoms with Crippen molar-refractivity contribution in [2.24, 2.45) is 11.3 Å². The molecule has 2 aliphatic rings. The van der Waals surface area contributed by atoms with Crippen LogP contribution in [-0.4, -0.2) is 50.3 Å². The smallest absolute Gasteiger partial charge is 0.0655 e. The Kier molecular flexibility index (Phi) is 4.68. The molecule has 2 rings (SSSR count). The molecule has 2 fully saturated rings. The number of nitrogens with one attached hydrogen (secondary N) is 1. The van der Waals surface area contributed by atoms with Gasteiger partial charge >= 0.3 is 0 Å². The summed E-state index contributed by atoms with van der Waals surface area (Å²) in [6.07, 6.45) is 4.38. The maximum atomic E-state index is 5.78. The molecule has 1 N–H and O–H groups in total. The highest BCUT2D eigenvalue weighted by Gasteiger charge is 2.48. The van der Waals surface area contributed by atoms with Crippen LogP contribution >= 0.6 is 0 Å². The molecule has 0 radical (unpaired) electrons. The van der Waals surface area contributed by atoms with E-state index in [1.54, 1.807) is 0 Å². The number of hydrogen-bond acceptors (Lipinski definition) is 3. The standard InChI is InChI=1S/C15H30N2O/c1-5-18-14-9-13(15(14,2)3)16-10-12-7-6-8-17(4)11-12/h12-14,16H,5-11H2,1-4H3. The van der Waals surface area contributed by atoms with Crippen LogP contribution in [-0.2, 0) is 4.74 Å². The van der Waals surface area contributed by atoms with Crippen molar-refractivity contribution in [3.05, 3.63) is 0 Å². The van der Waals surface area contributed by atoms with Gasteiger partial charge in [-0.15, -0.1) is 0 Å². The van der Waals surface area contributed by atoms with Gasteiger partial charge in [0.15, 0.2) is 0 Å². The van der Waals surface area contributed by atoms with Crippen LogP contribution in [0.5, 0.6) is 0 Å². The van der Waals surface area contributed by atoms with E-state index in [-0.39, 0.29) is 0 Å². The van der Waals surface area contributed by atoms with E-state index in [4.69, 9.17) is 4.74 Å². The van der Waals surface area contributed by atoms with E-state index >= 15 is 0 Å². The second-order valence-electron chi connectivity index (χ2n) is 6.73. The molecule has 0 aromatic heterocycles. The number of ether oxygens (including phenoxy) is 1. The Morgan fingerprint density at radius 1 is 1.39 bits per heavy atom. The predicted octanol–water partition coefficient (Wildman–Crippen LogP) is 2.12. The molecule has 3 heteroatoms. The number of likely N-dealkylation sites (tertiary alicyclic amines) is 1. The predicted molar refractivity (Wildman–Crippen MR) is 75.8 cm³/mol. The zero-order valence-corrected chi connectivity index (χ0v) is 12.5. The van der Waals surface area contributed by atoms with Gasteiger partial charge in [0.2, 0.25) is 0 Å². The summed E-state index contributed by atoms with van der Waals surface area (Å²) in [6, 6.07) is 0.640. The average Bonchev–Trinajstić information content (AvgIpc) is 2.33. The fourth-order valence-corrected chi connectivity index (χ4v) is 3.46. The summed E-state index contributed by atoms with van der Waals surface area (Å²) in [5.41, 5.74) is 0.302. The van der Waals surface area contributed by atoms with Crippen LogP contribution in [0, 0.1) is 11.3 Å². The van der Waals surface area contributed by atoms with E-state index in [1.165, 1.54) is 38.9 Å². The summed E-state index contributed by atoms with van der Waals surface area (Å²) in [5.74, 6) is 0.839. The Hall–Kier alpha value is -0.120. The number of piperidine rings is 1. The Bertz CT molecular complexity index is 267. The van der Waals surface area contributed by atoms with Crippen LogP contribution in [0.4, 0.5) is 0 Å². The highest BCUT2D eigenvalue weighted by molar-refractivity contribution is 5.02. The summed E-state index contributed by atoms with van der Waals surface area (Å²) in [5, 5.41) is 3.78. The lowest BCUT2D eigenvalue weighted by Gasteiger charge is -2.52. The van der Waals surface area contributed by atoms with Crippen molar-refractivity contribution < 1.29 is 4.74 Å². The minimum atomic E-state index is 0.302. The molecule has 0 spiro atoms. The van der Waals surface area contributed by atoms with Gasteiger partial charge in [0.05, 0.1) is 6.10 Å². The molecule has 1 heterocycles.